The topological polar surface area (TPSA) is 58.9 Å². The normalized spacial score (nSPS) is 17.4. The smallest absolute Gasteiger partial charge is 0.416 e. The van der Waals surface area contributed by atoms with Gasteiger partial charge in [-0.2, -0.15) is 13.2 Å². The fourth-order valence-electron chi connectivity index (χ4n) is 2.43. The van der Waals surface area contributed by atoms with E-state index in [9.17, 15) is 23.1 Å². The number of esters is 1. The summed E-state index contributed by atoms with van der Waals surface area (Å²) in [5, 5.41) is 10.7. The summed E-state index contributed by atoms with van der Waals surface area (Å²) >= 11 is 1.03. The molecule has 0 fully saturated rings. The van der Waals surface area contributed by atoms with Crippen molar-refractivity contribution in [1.82, 2.24) is 0 Å². The van der Waals surface area contributed by atoms with Gasteiger partial charge in [0.2, 0.25) is 0 Å². The van der Waals surface area contributed by atoms with Gasteiger partial charge >= 0.3 is 12.1 Å². The second-order valence-electron chi connectivity index (χ2n) is 5.70. The predicted octanol–water partition coefficient (Wildman–Crippen LogP) is 5.51. The first-order valence-electron chi connectivity index (χ1n) is 8.02. The number of alkyl halides is 3. The molecule has 2 aromatic carbocycles. The number of aliphatic hydroxyl groups excluding tert-OH is 1. The number of ether oxygens (including phenoxy) is 1. The number of hydrogen-bond donors (Lipinski definition) is 1. The van der Waals surface area contributed by atoms with Crippen LogP contribution in [0.15, 0.2) is 75.8 Å². The van der Waals surface area contributed by atoms with Crippen LogP contribution in [0.2, 0.25) is 0 Å². The van der Waals surface area contributed by atoms with Crippen LogP contribution in [-0.2, 0) is 15.7 Å². The lowest BCUT2D eigenvalue weighted by molar-refractivity contribution is -0.137. The molecule has 0 atom stereocenters. The number of carbonyl (C=O) groups excluding carboxylic acids is 1. The molecule has 0 saturated carbocycles. The Labute approximate surface area is 163 Å². The Morgan fingerprint density at radius 1 is 1.11 bits per heavy atom. The molecule has 0 amide bonds. The van der Waals surface area contributed by atoms with E-state index < -0.39 is 17.7 Å². The van der Waals surface area contributed by atoms with E-state index in [1.54, 1.807) is 24.3 Å². The predicted molar refractivity (Wildman–Crippen MR) is 102 cm³/mol. The highest BCUT2D eigenvalue weighted by atomic mass is 32.2. The average molecular weight is 405 g/mol. The lowest BCUT2D eigenvalue weighted by Gasteiger charge is -2.06. The molecule has 0 saturated heterocycles. The lowest BCUT2D eigenvalue weighted by atomic mass is 10.1. The molecule has 0 aliphatic carbocycles. The Hall–Kier alpha value is -3.00. The molecular weight excluding hydrogens is 391 g/mol. The molecule has 0 radical (unpaired) electrons. The van der Waals surface area contributed by atoms with Crippen molar-refractivity contribution in [3.63, 3.8) is 0 Å². The minimum atomic E-state index is -4.43. The van der Waals surface area contributed by atoms with Crippen molar-refractivity contribution < 1.29 is 27.8 Å². The van der Waals surface area contributed by atoms with Gasteiger partial charge in [0.15, 0.2) is 0 Å². The number of hydrogen-bond acceptors (Lipinski definition) is 5. The van der Waals surface area contributed by atoms with E-state index in [2.05, 4.69) is 4.99 Å². The Bertz CT molecular complexity index is 978. The zero-order valence-corrected chi connectivity index (χ0v) is 15.3. The highest BCUT2D eigenvalue weighted by Gasteiger charge is 2.33. The van der Waals surface area contributed by atoms with E-state index in [1.807, 2.05) is 6.07 Å². The van der Waals surface area contributed by atoms with Crippen LogP contribution in [0.3, 0.4) is 0 Å². The molecule has 4 nitrogen and oxygen atoms in total. The molecule has 1 aliphatic rings. The van der Waals surface area contributed by atoms with Gasteiger partial charge in [-0.25, -0.2) is 9.79 Å². The van der Waals surface area contributed by atoms with E-state index in [4.69, 9.17) is 4.74 Å². The highest BCUT2D eigenvalue weighted by Crippen LogP contribution is 2.40. The number of thioether (sulfide) groups is 1. The summed E-state index contributed by atoms with van der Waals surface area (Å²) in [6.07, 6.45) is -2.94. The van der Waals surface area contributed by atoms with Gasteiger partial charge in [0.25, 0.3) is 0 Å². The summed E-state index contributed by atoms with van der Waals surface area (Å²) in [7, 11) is 1.19. The van der Waals surface area contributed by atoms with Crippen molar-refractivity contribution >= 4 is 34.5 Å². The number of carbonyl (C=O) groups is 1. The van der Waals surface area contributed by atoms with Gasteiger partial charge in [-0.05, 0) is 35.9 Å². The summed E-state index contributed by atoms with van der Waals surface area (Å²) in [6.45, 7) is 0. The van der Waals surface area contributed by atoms with Crippen LogP contribution in [0.5, 0.6) is 0 Å². The maximum Gasteiger partial charge on any atom is 0.416 e. The number of benzene rings is 2. The summed E-state index contributed by atoms with van der Waals surface area (Å²) < 4.78 is 42.8. The summed E-state index contributed by atoms with van der Waals surface area (Å²) in [6, 6.07) is 13.3. The standard InChI is InChI=1S/C20H14F3NO3S/c1-27-19(26)16-17(25)15(28-18(16)24-14-5-3-2-4-6-14)11-12-7-9-13(10-8-12)20(21,22)23/h2-11,25H,1H3/b15-11-,24-18?. The monoisotopic (exact) mass is 405 g/mol. The van der Waals surface area contributed by atoms with Crippen molar-refractivity contribution in [2.24, 2.45) is 4.99 Å². The number of halogens is 3. The third kappa shape index (κ3) is 4.28. The van der Waals surface area contributed by atoms with Crippen molar-refractivity contribution in [3.8, 4) is 0 Å². The fraction of sp³-hybridized carbons (Fsp3) is 0.100. The van der Waals surface area contributed by atoms with E-state index in [0.29, 0.717) is 11.3 Å². The number of rotatable bonds is 3. The number of nitrogens with zero attached hydrogens (tertiary/aromatic N) is 1. The summed E-state index contributed by atoms with van der Waals surface area (Å²) in [5.74, 6) is -1.08. The average Bonchev–Trinajstić information content (AvgIpc) is 2.96. The number of aliphatic hydroxyl groups is 1. The van der Waals surface area contributed by atoms with E-state index >= 15 is 0 Å². The largest absolute Gasteiger partial charge is 0.506 e. The Kier molecular flexibility index (Phi) is 5.60. The molecule has 1 aliphatic heterocycles. The maximum absolute atomic E-state index is 12.7. The van der Waals surface area contributed by atoms with E-state index in [-0.39, 0.29) is 21.3 Å². The highest BCUT2D eigenvalue weighted by molar-refractivity contribution is 8.18. The summed E-state index contributed by atoms with van der Waals surface area (Å²) in [4.78, 5) is 16.7. The molecule has 2 aromatic rings. The van der Waals surface area contributed by atoms with Gasteiger partial charge in [0.1, 0.15) is 16.4 Å². The Morgan fingerprint density at radius 3 is 2.32 bits per heavy atom. The molecule has 8 heteroatoms. The molecule has 144 valence electrons. The molecule has 0 unspecified atom stereocenters. The Balaban J connectivity index is 1.98. The molecule has 1 N–H and O–H groups in total. The quantitative estimate of drug-likeness (QED) is 0.685. The van der Waals surface area contributed by atoms with Gasteiger partial charge < -0.3 is 9.84 Å². The van der Waals surface area contributed by atoms with Gasteiger partial charge in [-0.15, -0.1) is 0 Å². The van der Waals surface area contributed by atoms with Gasteiger partial charge in [-0.3, -0.25) is 0 Å². The number of aliphatic imine (C=N–C) groups is 1. The molecule has 0 spiro atoms. The minimum absolute atomic E-state index is 0.0884. The van der Waals surface area contributed by atoms with Crippen molar-refractivity contribution in [2.45, 2.75) is 6.18 Å². The summed E-state index contributed by atoms with van der Waals surface area (Å²) in [5.41, 5.74) is 0.159. The van der Waals surface area contributed by atoms with Gasteiger partial charge in [0, 0.05) is 0 Å². The zero-order valence-electron chi connectivity index (χ0n) is 14.5. The molecule has 1 heterocycles. The SMILES string of the molecule is COC(=O)C1=C(O)/C(=C/c2ccc(C(F)(F)F)cc2)SC1=Nc1ccccc1. The van der Waals surface area contributed by atoms with E-state index in [0.717, 1.165) is 23.9 Å². The van der Waals surface area contributed by atoms with Gasteiger partial charge in [0.05, 0.1) is 23.3 Å². The third-order valence-electron chi connectivity index (χ3n) is 3.80. The van der Waals surface area contributed by atoms with Crippen LogP contribution < -0.4 is 0 Å². The number of methoxy groups -OCH3 is 1. The van der Waals surface area contributed by atoms with Crippen molar-refractivity contribution in [1.29, 1.82) is 0 Å². The maximum atomic E-state index is 12.7. The van der Waals surface area contributed by atoms with Crippen molar-refractivity contribution in [3.05, 3.63) is 82.0 Å². The first kappa shape index (κ1) is 19.8. The molecule has 3 rings (SSSR count). The van der Waals surface area contributed by atoms with Crippen LogP contribution in [0.4, 0.5) is 18.9 Å². The molecular formula is C20H14F3NO3S. The second-order valence-corrected chi connectivity index (χ2v) is 6.73. The van der Waals surface area contributed by atoms with Crippen molar-refractivity contribution in [2.75, 3.05) is 7.11 Å². The first-order valence-corrected chi connectivity index (χ1v) is 8.84. The van der Waals surface area contributed by atoms with Crippen LogP contribution in [0.1, 0.15) is 11.1 Å². The van der Waals surface area contributed by atoms with Crippen LogP contribution in [0, 0.1) is 0 Å². The van der Waals surface area contributed by atoms with Crippen LogP contribution in [-0.4, -0.2) is 23.2 Å². The van der Waals surface area contributed by atoms with Gasteiger partial charge in [-0.1, -0.05) is 42.1 Å². The fourth-order valence-corrected chi connectivity index (χ4v) is 3.47. The van der Waals surface area contributed by atoms with Crippen LogP contribution in [0.25, 0.3) is 6.08 Å². The Morgan fingerprint density at radius 2 is 1.75 bits per heavy atom. The molecule has 28 heavy (non-hydrogen) atoms. The van der Waals surface area contributed by atoms with Crippen LogP contribution >= 0.6 is 11.8 Å². The lowest BCUT2D eigenvalue weighted by Crippen LogP contribution is -2.10. The zero-order chi connectivity index (χ0) is 20.3. The molecule has 0 bridgehead atoms. The van der Waals surface area contributed by atoms with E-state index in [1.165, 1.54) is 25.3 Å². The minimum Gasteiger partial charge on any atom is -0.506 e. The second kappa shape index (κ2) is 7.93. The number of para-hydroxylation sites is 1. The first-order chi connectivity index (χ1) is 13.3. The third-order valence-corrected chi connectivity index (χ3v) is 4.82. The molecule has 0 aromatic heterocycles.